The van der Waals surface area contributed by atoms with Crippen LogP contribution in [0.5, 0.6) is 11.5 Å². The fourth-order valence-electron chi connectivity index (χ4n) is 1.80. The maximum atomic E-state index is 11.8. The second-order valence-corrected chi connectivity index (χ2v) is 4.62. The van der Waals surface area contributed by atoms with Gasteiger partial charge < -0.3 is 9.47 Å². The minimum atomic E-state index is -0.755. The molecule has 1 unspecified atom stereocenters. The van der Waals surface area contributed by atoms with Crippen LogP contribution >= 0.6 is 0 Å². The largest absolute Gasteiger partial charge is 0.485 e. The summed E-state index contributed by atoms with van der Waals surface area (Å²) in [7, 11) is 0. The second kappa shape index (κ2) is 4.79. The highest BCUT2D eigenvalue weighted by Gasteiger charge is 2.31. The number of carbonyl (C=O) groups is 2. The SMILES string of the molecule is O=C(NNC(=O)C1COc2ccccc2O1)C1CC1. The Morgan fingerprint density at radius 1 is 1.05 bits per heavy atom. The summed E-state index contributed by atoms with van der Waals surface area (Å²) >= 11 is 0. The van der Waals surface area contributed by atoms with Gasteiger partial charge >= 0.3 is 0 Å². The maximum Gasteiger partial charge on any atom is 0.283 e. The first kappa shape index (κ1) is 11.8. The lowest BCUT2D eigenvalue weighted by molar-refractivity contribution is -0.135. The predicted molar refractivity (Wildman–Crippen MR) is 65.4 cm³/mol. The Morgan fingerprint density at radius 3 is 2.47 bits per heavy atom. The van der Waals surface area contributed by atoms with Crippen LogP contribution in [0, 0.1) is 5.92 Å². The Morgan fingerprint density at radius 2 is 1.74 bits per heavy atom. The Balaban J connectivity index is 1.55. The summed E-state index contributed by atoms with van der Waals surface area (Å²) in [6.45, 7) is 0.127. The Kier molecular flexibility index (Phi) is 2.98. The maximum absolute atomic E-state index is 11.8. The number of benzene rings is 1. The summed E-state index contributed by atoms with van der Waals surface area (Å²) in [5.41, 5.74) is 4.75. The topological polar surface area (TPSA) is 76.7 Å². The molecular formula is C13H14N2O4. The van der Waals surface area contributed by atoms with Gasteiger partial charge in [-0.2, -0.15) is 0 Å². The number of hydrazine groups is 1. The minimum Gasteiger partial charge on any atom is -0.485 e. The van der Waals surface area contributed by atoms with Gasteiger partial charge in [0.05, 0.1) is 0 Å². The van der Waals surface area contributed by atoms with Crippen LogP contribution in [0.2, 0.25) is 0 Å². The van der Waals surface area contributed by atoms with Gasteiger partial charge in [0.2, 0.25) is 12.0 Å². The van der Waals surface area contributed by atoms with Gasteiger partial charge in [-0.3, -0.25) is 20.4 Å². The van der Waals surface area contributed by atoms with Crippen molar-refractivity contribution < 1.29 is 19.1 Å². The van der Waals surface area contributed by atoms with Gasteiger partial charge in [0.25, 0.3) is 5.91 Å². The fraction of sp³-hybridized carbons (Fsp3) is 0.385. The summed E-state index contributed by atoms with van der Waals surface area (Å²) in [6.07, 6.45) is 1.02. The molecule has 0 bridgehead atoms. The average molecular weight is 262 g/mol. The predicted octanol–water partition coefficient (Wildman–Crippen LogP) is 0.384. The minimum absolute atomic E-state index is 0.0459. The number of carbonyl (C=O) groups excluding carboxylic acids is 2. The third kappa shape index (κ3) is 2.62. The van der Waals surface area contributed by atoms with Crippen molar-refractivity contribution in [1.29, 1.82) is 0 Å². The van der Waals surface area contributed by atoms with Crippen molar-refractivity contribution in [3.05, 3.63) is 24.3 Å². The molecule has 1 atom stereocenters. The van der Waals surface area contributed by atoms with E-state index in [0.29, 0.717) is 11.5 Å². The molecule has 1 aliphatic heterocycles. The second-order valence-electron chi connectivity index (χ2n) is 4.62. The van der Waals surface area contributed by atoms with E-state index in [-0.39, 0.29) is 18.4 Å². The van der Waals surface area contributed by atoms with Crippen LogP contribution in [-0.2, 0) is 9.59 Å². The Hall–Kier alpha value is -2.24. The molecule has 1 aromatic rings. The van der Waals surface area contributed by atoms with E-state index >= 15 is 0 Å². The molecule has 2 amide bonds. The zero-order chi connectivity index (χ0) is 13.2. The van der Waals surface area contributed by atoms with Crippen LogP contribution in [0.25, 0.3) is 0 Å². The monoisotopic (exact) mass is 262 g/mol. The van der Waals surface area contributed by atoms with E-state index in [4.69, 9.17) is 9.47 Å². The van der Waals surface area contributed by atoms with E-state index in [1.807, 2.05) is 6.07 Å². The first-order chi connectivity index (χ1) is 9.24. The van der Waals surface area contributed by atoms with Crippen molar-refractivity contribution in [2.45, 2.75) is 18.9 Å². The van der Waals surface area contributed by atoms with Crippen LogP contribution in [0.4, 0.5) is 0 Å². The van der Waals surface area contributed by atoms with Crippen LogP contribution in [0.3, 0.4) is 0 Å². The van der Waals surface area contributed by atoms with Gasteiger partial charge in [-0.25, -0.2) is 0 Å². The highest BCUT2D eigenvalue weighted by atomic mass is 16.6. The van der Waals surface area contributed by atoms with Gasteiger partial charge in [-0.1, -0.05) is 12.1 Å². The molecule has 0 radical (unpaired) electrons. The molecule has 1 saturated carbocycles. The molecule has 1 heterocycles. The molecule has 2 N–H and O–H groups in total. The summed E-state index contributed by atoms with van der Waals surface area (Å²) in [5.74, 6) is 0.634. The van der Waals surface area contributed by atoms with E-state index in [9.17, 15) is 9.59 Å². The molecule has 19 heavy (non-hydrogen) atoms. The lowest BCUT2D eigenvalue weighted by Crippen LogP contribution is -2.51. The summed E-state index contributed by atoms with van der Waals surface area (Å²) in [6, 6.07) is 7.14. The first-order valence-corrected chi connectivity index (χ1v) is 6.22. The zero-order valence-corrected chi connectivity index (χ0v) is 10.2. The normalized spacial score (nSPS) is 20.5. The number of ether oxygens (including phenoxy) is 2. The number of fused-ring (bicyclic) bond motifs is 1. The van der Waals surface area contributed by atoms with Crippen molar-refractivity contribution in [2.75, 3.05) is 6.61 Å². The van der Waals surface area contributed by atoms with Crippen LogP contribution in [-0.4, -0.2) is 24.5 Å². The molecule has 0 spiro atoms. The molecule has 0 saturated heterocycles. The standard InChI is InChI=1S/C13H14N2O4/c16-12(8-5-6-8)14-15-13(17)11-7-18-9-3-1-2-4-10(9)19-11/h1-4,8,11H,5-7H2,(H,14,16)(H,15,17). The number of rotatable bonds is 2. The summed E-state index contributed by atoms with van der Waals surface area (Å²) in [5, 5.41) is 0. The third-order valence-corrected chi connectivity index (χ3v) is 3.06. The molecule has 100 valence electrons. The van der Waals surface area contributed by atoms with Crippen molar-refractivity contribution in [2.24, 2.45) is 5.92 Å². The lowest BCUT2D eigenvalue weighted by Gasteiger charge is -2.25. The molecule has 3 rings (SSSR count). The quantitative estimate of drug-likeness (QED) is 0.756. The van der Waals surface area contributed by atoms with E-state index in [2.05, 4.69) is 10.9 Å². The number of hydrogen-bond acceptors (Lipinski definition) is 4. The van der Waals surface area contributed by atoms with Gasteiger partial charge in [-0.05, 0) is 25.0 Å². The van der Waals surface area contributed by atoms with Gasteiger partial charge in [0.15, 0.2) is 11.5 Å². The van der Waals surface area contributed by atoms with E-state index in [0.717, 1.165) is 12.8 Å². The molecular weight excluding hydrogens is 248 g/mol. The van der Waals surface area contributed by atoms with Crippen molar-refractivity contribution in [3.8, 4) is 11.5 Å². The molecule has 6 heteroatoms. The van der Waals surface area contributed by atoms with Crippen molar-refractivity contribution in [1.82, 2.24) is 10.9 Å². The number of amides is 2. The lowest BCUT2D eigenvalue weighted by atomic mass is 10.2. The molecule has 2 aliphatic rings. The van der Waals surface area contributed by atoms with E-state index in [1.54, 1.807) is 18.2 Å². The molecule has 1 aliphatic carbocycles. The Bertz CT molecular complexity index is 513. The van der Waals surface area contributed by atoms with E-state index in [1.165, 1.54) is 0 Å². The third-order valence-electron chi connectivity index (χ3n) is 3.06. The molecule has 0 aromatic heterocycles. The fourth-order valence-corrected chi connectivity index (χ4v) is 1.80. The first-order valence-electron chi connectivity index (χ1n) is 6.22. The highest BCUT2D eigenvalue weighted by Crippen LogP contribution is 2.31. The summed E-state index contributed by atoms with van der Waals surface area (Å²) in [4.78, 5) is 23.2. The Labute approximate surface area is 110 Å². The van der Waals surface area contributed by atoms with Crippen molar-refractivity contribution in [3.63, 3.8) is 0 Å². The number of nitrogens with one attached hydrogen (secondary N) is 2. The molecule has 1 aromatic carbocycles. The van der Waals surface area contributed by atoms with Crippen molar-refractivity contribution >= 4 is 11.8 Å². The van der Waals surface area contributed by atoms with Crippen LogP contribution < -0.4 is 20.3 Å². The van der Waals surface area contributed by atoms with Crippen LogP contribution in [0.15, 0.2) is 24.3 Å². The molecule has 1 fully saturated rings. The van der Waals surface area contributed by atoms with Gasteiger partial charge in [0.1, 0.15) is 6.61 Å². The zero-order valence-electron chi connectivity index (χ0n) is 10.2. The molecule has 6 nitrogen and oxygen atoms in total. The van der Waals surface area contributed by atoms with Crippen LogP contribution in [0.1, 0.15) is 12.8 Å². The number of para-hydroxylation sites is 2. The summed E-state index contributed by atoms with van der Waals surface area (Å²) < 4.78 is 10.9. The highest BCUT2D eigenvalue weighted by molar-refractivity contribution is 5.86. The van der Waals surface area contributed by atoms with Gasteiger partial charge in [-0.15, -0.1) is 0 Å². The average Bonchev–Trinajstić information content (AvgIpc) is 3.28. The number of hydrogen-bond donors (Lipinski definition) is 2. The smallest absolute Gasteiger partial charge is 0.283 e. The van der Waals surface area contributed by atoms with E-state index < -0.39 is 12.0 Å². The van der Waals surface area contributed by atoms with Gasteiger partial charge in [0, 0.05) is 5.92 Å².